The second-order valence-electron chi connectivity index (χ2n) is 8.65. The van der Waals surface area contributed by atoms with Crippen LogP contribution >= 0.6 is 11.3 Å². The van der Waals surface area contributed by atoms with Gasteiger partial charge in [-0.3, -0.25) is 9.59 Å². The van der Waals surface area contributed by atoms with Crippen LogP contribution in [0.1, 0.15) is 37.5 Å². The van der Waals surface area contributed by atoms with Gasteiger partial charge >= 0.3 is 0 Å². The molecule has 4 nitrogen and oxygen atoms in total. The van der Waals surface area contributed by atoms with Gasteiger partial charge in [0, 0.05) is 53.5 Å². The maximum Gasteiger partial charge on any atom is 0.246 e. The number of carbonyl (C=O) groups is 2. The maximum atomic E-state index is 14.0. The lowest BCUT2D eigenvalue weighted by Gasteiger charge is -2.37. The van der Waals surface area contributed by atoms with Crippen LogP contribution in [-0.4, -0.2) is 47.8 Å². The van der Waals surface area contributed by atoms with Crippen molar-refractivity contribution in [2.24, 2.45) is 11.8 Å². The first-order chi connectivity index (χ1) is 15.0. The van der Waals surface area contributed by atoms with E-state index >= 15 is 0 Å². The fraction of sp³-hybridized carbons (Fsp3) is 0.440. The van der Waals surface area contributed by atoms with Gasteiger partial charge in [0.05, 0.1) is 0 Å². The van der Waals surface area contributed by atoms with Crippen LogP contribution in [0.5, 0.6) is 0 Å². The highest BCUT2D eigenvalue weighted by atomic mass is 32.1. The number of hydrogen-bond acceptors (Lipinski definition) is 3. The lowest BCUT2D eigenvalue weighted by Crippen LogP contribution is -2.46. The molecule has 0 N–H and O–H groups in total. The van der Waals surface area contributed by atoms with Crippen molar-refractivity contribution in [3.63, 3.8) is 0 Å². The lowest BCUT2D eigenvalue weighted by atomic mass is 9.92. The number of rotatable bonds is 4. The summed E-state index contributed by atoms with van der Waals surface area (Å²) in [6, 6.07) is 10.5. The van der Waals surface area contributed by atoms with E-state index in [1.54, 1.807) is 24.3 Å². The number of halogens is 1. The Kier molecular flexibility index (Phi) is 6.86. The first-order valence-corrected chi connectivity index (χ1v) is 11.9. The van der Waals surface area contributed by atoms with Crippen LogP contribution in [0.4, 0.5) is 4.39 Å². The Morgan fingerprint density at radius 1 is 1.03 bits per heavy atom. The molecular formula is C25H29FN2O2S. The summed E-state index contributed by atoms with van der Waals surface area (Å²) >= 11 is 1.46. The average Bonchev–Trinajstić information content (AvgIpc) is 3.26. The van der Waals surface area contributed by atoms with Crippen LogP contribution < -0.4 is 0 Å². The molecule has 31 heavy (non-hydrogen) atoms. The quantitative estimate of drug-likeness (QED) is 0.623. The fourth-order valence-corrected chi connectivity index (χ4v) is 5.44. The molecule has 2 aliphatic heterocycles. The van der Waals surface area contributed by atoms with E-state index < -0.39 is 0 Å². The normalized spacial score (nSPS) is 20.4. The first kappa shape index (κ1) is 21.8. The van der Waals surface area contributed by atoms with E-state index in [0.29, 0.717) is 24.6 Å². The summed E-state index contributed by atoms with van der Waals surface area (Å²) in [6.45, 7) is 5.19. The molecule has 4 rings (SSSR count). The van der Waals surface area contributed by atoms with Crippen LogP contribution in [0, 0.1) is 17.7 Å². The minimum atomic E-state index is -0.243. The highest BCUT2D eigenvalue weighted by Gasteiger charge is 2.31. The van der Waals surface area contributed by atoms with E-state index in [1.807, 2.05) is 28.0 Å². The van der Waals surface area contributed by atoms with Crippen LogP contribution in [0.15, 0.2) is 42.5 Å². The second-order valence-corrected chi connectivity index (χ2v) is 9.76. The monoisotopic (exact) mass is 440 g/mol. The van der Waals surface area contributed by atoms with E-state index in [2.05, 4.69) is 6.92 Å². The summed E-state index contributed by atoms with van der Waals surface area (Å²) in [5, 5.41) is 0. The van der Waals surface area contributed by atoms with E-state index in [0.717, 1.165) is 42.1 Å². The summed E-state index contributed by atoms with van der Waals surface area (Å²) in [5.74, 6) is 0.624. The van der Waals surface area contributed by atoms with Gasteiger partial charge in [0.15, 0.2) is 0 Å². The molecule has 1 aromatic heterocycles. The highest BCUT2D eigenvalue weighted by molar-refractivity contribution is 7.16. The zero-order valence-electron chi connectivity index (χ0n) is 17.9. The molecule has 6 heteroatoms. The smallest absolute Gasteiger partial charge is 0.246 e. The Morgan fingerprint density at radius 2 is 1.81 bits per heavy atom. The van der Waals surface area contributed by atoms with Crippen LogP contribution in [0.25, 0.3) is 16.5 Å². The van der Waals surface area contributed by atoms with E-state index in [1.165, 1.54) is 23.8 Å². The molecule has 1 aromatic carbocycles. The van der Waals surface area contributed by atoms with Crippen LogP contribution in [0.2, 0.25) is 0 Å². The molecule has 2 saturated heterocycles. The molecule has 0 bridgehead atoms. The first-order valence-electron chi connectivity index (χ1n) is 11.1. The van der Waals surface area contributed by atoms with Crippen molar-refractivity contribution in [3.05, 3.63) is 53.2 Å². The number of benzene rings is 1. The van der Waals surface area contributed by atoms with Crippen molar-refractivity contribution in [2.45, 2.75) is 32.6 Å². The van der Waals surface area contributed by atoms with Gasteiger partial charge in [0.1, 0.15) is 5.82 Å². The molecule has 2 aliphatic rings. The molecule has 0 aliphatic carbocycles. The van der Waals surface area contributed by atoms with Crippen molar-refractivity contribution in [1.29, 1.82) is 0 Å². The molecule has 1 atom stereocenters. The molecule has 0 saturated carbocycles. The summed E-state index contributed by atoms with van der Waals surface area (Å²) in [6.07, 6.45) is 7.15. The SMILES string of the molecule is CC1CCCN(C(=O)C2CCN(C(=O)C=Cc3ccc(-c4ccccc4F)s3)CC2)C1. The maximum absolute atomic E-state index is 14.0. The molecule has 0 spiro atoms. The van der Waals surface area contributed by atoms with E-state index in [4.69, 9.17) is 0 Å². The predicted octanol–water partition coefficient (Wildman–Crippen LogP) is 5.06. The van der Waals surface area contributed by atoms with Gasteiger partial charge in [0.2, 0.25) is 11.8 Å². The van der Waals surface area contributed by atoms with E-state index in [-0.39, 0.29) is 23.5 Å². The summed E-state index contributed by atoms with van der Waals surface area (Å²) < 4.78 is 14.0. The topological polar surface area (TPSA) is 40.6 Å². The number of piperidine rings is 2. The molecule has 2 aromatic rings. The molecule has 164 valence electrons. The Hall–Kier alpha value is -2.47. The number of thiophene rings is 1. The Labute approximate surface area is 187 Å². The summed E-state index contributed by atoms with van der Waals surface area (Å²) in [5.41, 5.74) is 0.577. The number of carbonyl (C=O) groups excluding carboxylic acids is 2. The Balaban J connectivity index is 1.30. The molecule has 2 fully saturated rings. The lowest BCUT2D eigenvalue weighted by molar-refractivity contribution is -0.140. The van der Waals surface area contributed by atoms with Gasteiger partial charge in [-0.2, -0.15) is 0 Å². The molecule has 2 amide bonds. The zero-order valence-corrected chi connectivity index (χ0v) is 18.7. The van der Waals surface area contributed by atoms with Crippen LogP contribution in [0.3, 0.4) is 0 Å². The summed E-state index contributed by atoms with van der Waals surface area (Å²) in [4.78, 5) is 31.0. The van der Waals surface area contributed by atoms with E-state index in [9.17, 15) is 14.0 Å². The fourth-order valence-electron chi connectivity index (χ4n) is 4.50. The third-order valence-corrected chi connectivity index (χ3v) is 7.36. The largest absolute Gasteiger partial charge is 0.342 e. The molecular weight excluding hydrogens is 411 g/mol. The molecule has 0 radical (unpaired) electrons. The van der Waals surface area contributed by atoms with Crippen molar-refractivity contribution in [2.75, 3.05) is 26.2 Å². The number of hydrogen-bond donors (Lipinski definition) is 0. The van der Waals surface area contributed by atoms with Crippen LogP contribution in [-0.2, 0) is 9.59 Å². The minimum absolute atomic E-state index is 0.0293. The minimum Gasteiger partial charge on any atom is -0.342 e. The number of likely N-dealkylation sites (tertiary alicyclic amines) is 2. The zero-order chi connectivity index (χ0) is 21.8. The number of nitrogens with zero attached hydrogens (tertiary/aromatic N) is 2. The standard InChI is InChI=1S/C25H29FN2O2S/c1-18-5-4-14-28(17-18)25(30)19-12-15-27(16-13-19)24(29)11-9-20-8-10-23(31-20)21-6-2-3-7-22(21)26/h2-3,6-11,18-19H,4-5,12-17H2,1H3. The second kappa shape index (κ2) is 9.77. The highest BCUT2D eigenvalue weighted by Crippen LogP contribution is 2.31. The van der Waals surface area contributed by atoms with Crippen molar-refractivity contribution < 1.29 is 14.0 Å². The van der Waals surface area contributed by atoms with Gasteiger partial charge in [-0.25, -0.2) is 4.39 Å². The van der Waals surface area contributed by atoms with Crippen molar-refractivity contribution in [1.82, 2.24) is 9.80 Å². The Bertz CT molecular complexity index is 962. The van der Waals surface area contributed by atoms with Crippen molar-refractivity contribution >= 4 is 29.2 Å². The molecule has 3 heterocycles. The number of amides is 2. The van der Waals surface area contributed by atoms with Gasteiger partial charge in [-0.1, -0.05) is 25.1 Å². The van der Waals surface area contributed by atoms with Gasteiger partial charge in [-0.15, -0.1) is 11.3 Å². The van der Waals surface area contributed by atoms with Gasteiger partial charge in [0.25, 0.3) is 0 Å². The third kappa shape index (κ3) is 5.24. The van der Waals surface area contributed by atoms with Gasteiger partial charge in [-0.05, 0) is 55.9 Å². The van der Waals surface area contributed by atoms with Crippen molar-refractivity contribution in [3.8, 4) is 10.4 Å². The summed E-state index contributed by atoms with van der Waals surface area (Å²) in [7, 11) is 0. The third-order valence-electron chi connectivity index (χ3n) is 6.28. The Morgan fingerprint density at radius 3 is 2.55 bits per heavy atom. The molecule has 1 unspecified atom stereocenters. The average molecular weight is 441 g/mol. The van der Waals surface area contributed by atoms with Gasteiger partial charge < -0.3 is 9.80 Å². The predicted molar refractivity (Wildman–Crippen MR) is 123 cm³/mol.